The van der Waals surface area contributed by atoms with E-state index in [-0.39, 0.29) is 5.91 Å². The van der Waals surface area contributed by atoms with Crippen LogP contribution in [0.1, 0.15) is 11.1 Å². The van der Waals surface area contributed by atoms with Gasteiger partial charge in [0.05, 0.1) is 7.11 Å². The Kier molecular flexibility index (Phi) is 5.58. The van der Waals surface area contributed by atoms with Gasteiger partial charge in [-0.15, -0.1) is 0 Å². The maximum absolute atomic E-state index is 12.1. The van der Waals surface area contributed by atoms with Crippen molar-refractivity contribution in [2.45, 2.75) is 6.61 Å². The SMILES string of the molecule is COc1ccc(/C=C2/NC(=S)N(C)C2=O)cc1COc1cccc(Br)c1. The molecule has 1 amide bonds. The fourth-order valence-electron chi connectivity index (χ4n) is 2.51. The Morgan fingerprint density at radius 3 is 2.73 bits per heavy atom. The molecule has 2 aromatic rings. The number of rotatable bonds is 5. The number of likely N-dealkylation sites (N-methyl/N-ethyl adjacent to an activating group) is 1. The van der Waals surface area contributed by atoms with Crippen LogP contribution >= 0.6 is 28.1 Å². The van der Waals surface area contributed by atoms with Gasteiger partial charge in [-0.1, -0.05) is 28.1 Å². The van der Waals surface area contributed by atoms with E-state index in [4.69, 9.17) is 21.7 Å². The van der Waals surface area contributed by atoms with E-state index in [0.717, 1.165) is 27.1 Å². The van der Waals surface area contributed by atoms with Crippen LogP contribution in [0.5, 0.6) is 11.5 Å². The summed E-state index contributed by atoms with van der Waals surface area (Å²) in [4.78, 5) is 13.5. The van der Waals surface area contributed by atoms with Gasteiger partial charge in [0.1, 0.15) is 23.8 Å². The number of hydrogen-bond acceptors (Lipinski definition) is 4. The molecule has 0 atom stereocenters. The standard InChI is InChI=1S/C19H17BrN2O3S/c1-22-18(23)16(21-19(22)26)9-12-6-7-17(24-2)13(8-12)11-25-15-5-3-4-14(20)10-15/h3-10H,11H2,1-2H3,(H,21,26)/b16-9+. The summed E-state index contributed by atoms with van der Waals surface area (Å²) in [5.41, 5.74) is 2.18. The van der Waals surface area contributed by atoms with Gasteiger partial charge < -0.3 is 14.8 Å². The Labute approximate surface area is 165 Å². The minimum Gasteiger partial charge on any atom is -0.496 e. The number of halogens is 1. The molecule has 0 unspecified atom stereocenters. The Hall–Kier alpha value is -2.38. The number of methoxy groups -OCH3 is 1. The molecule has 0 spiro atoms. The predicted molar refractivity (Wildman–Crippen MR) is 108 cm³/mol. The lowest BCUT2D eigenvalue weighted by Crippen LogP contribution is -2.25. The van der Waals surface area contributed by atoms with E-state index < -0.39 is 0 Å². The molecule has 1 heterocycles. The number of hydrogen-bond donors (Lipinski definition) is 1. The molecule has 0 aliphatic carbocycles. The second-order valence-corrected chi connectivity index (χ2v) is 6.97. The molecule has 1 fully saturated rings. The normalized spacial score (nSPS) is 15.3. The van der Waals surface area contributed by atoms with Gasteiger partial charge in [0.2, 0.25) is 0 Å². The van der Waals surface area contributed by atoms with Crippen molar-refractivity contribution in [3.63, 3.8) is 0 Å². The van der Waals surface area contributed by atoms with E-state index in [9.17, 15) is 4.79 Å². The van der Waals surface area contributed by atoms with Crippen LogP contribution in [0, 0.1) is 0 Å². The summed E-state index contributed by atoms with van der Waals surface area (Å²) in [6.45, 7) is 0.344. The molecule has 0 bridgehead atoms. The van der Waals surface area contributed by atoms with Crippen molar-refractivity contribution in [1.82, 2.24) is 10.2 Å². The van der Waals surface area contributed by atoms with Crippen LogP contribution in [-0.4, -0.2) is 30.1 Å². The van der Waals surface area contributed by atoms with Gasteiger partial charge in [-0.2, -0.15) is 0 Å². The number of benzene rings is 2. The Morgan fingerprint density at radius 1 is 1.27 bits per heavy atom. The van der Waals surface area contributed by atoms with Crippen LogP contribution in [0.25, 0.3) is 6.08 Å². The van der Waals surface area contributed by atoms with Crippen LogP contribution in [-0.2, 0) is 11.4 Å². The largest absolute Gasteiger partial charge is 0.496 e. The highest BCUT2D eigenvalue weighted by Gasteiger charge is 2.26. The highest BCUT2D eigenvalue weighted by Crippen LogP contribution is 2.25. The van der Waals surface area contributed by atoms with Crippen molar-refractivity contribution < 1.29 is 14.3 Å². The first-order valence-electron chi connectivity index (χ1n) is 7.84. The highest BCUT2D eigenvalue weighted by atomic mass is 79.9. The number of carbonyl (C=O) groups excluding carboxylic acids is 1. The minimum absolute atomic E-state index is 0.155. The monoisotopic (exact) mass is 432 g/mol. The van der Waals surface area contributed by atoms with E-state index in [0.29, 0.717) is 17.4 Å². The van der Waals surface area contributed by atoms with Crippen molar-refractivity contribution in [2.75, 3.05) is 14.2 Å². The molecule has 0 radical (unpaired) electrons. The molecule has 1 aliphatic rings. The zero-order valence-corrected chi connectivity index (χ0v) is 16.7. The average Bonchev–Trinajstić information content (AvgIpc) is 2.87. The van der Waals surface area contributed by atoms with Gasteiger partial charge in [-0.3, -0.25) is 9.69 Å². The lowest BCUT2D eigenvalue weighted by molar-refractivity contribution is -0.121. The predicted octanol–water partition coefficient (Wildman–Crippen LogP) is 3.72. The van der Waals surface area contributed by atoms with Gasteiger partial charge in [0.25, 0.3) is 5.91 Å². The highest BCUT2D eigenvalue weighted by molar-refractivity contribution is 9.10. The molecular formula is C19H17BrN2O3S. The number of thiocarbonyl (C=S) groups is 1. The fourth-order valence-corrected chi connectivity index (χ4v) is 3.08. The molecule has 1 saturated heterocycles. The van der Waals surface area contributed by atoms with Crippen LogP contribution in [0.2, 0.25) is 0 Å². The lowest BCUT2D eigenvalue weighted by atomic mass is 10.1. The van der Waals surface area contributed by atoms with Gasteiger partial charge in [0.15, 0.2) is 5.11 Å². The zero-order chi connectivity index (χ0) is 18.7. The molecule has 134 valence electrons. The summed E-state index contributed by atoms with van der Waals surface area (Å²) in [6, 6.07) is 13.3. The Morgan fingerprint density at radius 2 is 2.08 bits per heavy atom. The summed E-state index contributed by atoms with van der Waals surface area (Å²) in [5, 5.41) is 3.31. The summed E-state index contributed by atoms with van der Waals surface area (Å²) in [5.74, 6) is 1.32. The van der Waals surface area contributed by atoms with E-state index in [1.807, 2.05) is 42.5 Å². The van der Waals surface area contributed by atoms with Crippen molar-refractivity contribution in [3.05, 3.63) is 63.8 Å². The first-order valence-corrected chi connectivity index (χ1v) is 9.04. The molecule has 1 aliphatic heterocycles. The number of nitrogens with one attached hydrogen (secondary N) is 1. The quantitative estimate of drug-likeness (QED) is 0.576. The minimum atomic E-state index is -0.155. The van der Waals surface area contributed by atoms with Crippen molar-refractivity contribution >= 4 is 45.2 Å². The zero-order valence-electron chi connectivity index (χ0n) is 14.3. The third-order valence-corrected chi connectivity index (χ3v) is 4.76. The molecule has 2 aromatic carbocycles. The van der Waals surface area contributed by atoms with Crippen LogP contribution in [0.3, 0.4) is 0 Å². The summed E-state index contributed by atoms with van der Waals surface area (Å²) < 4.78 is 12.2. The third kappa shape index (κ3) is 4.05. The molecule has 0 saturated carbocycles. The van der Waals surface area contributed by atoms with Gasteiger partial charge in [-0.05, 0) is 54.2 Å². The van der Waals surface area contributed by atoms with Gasteiger partial charge in [0, 0.05) is 17.1 Å². The number of amides is 1. The summed E-state index contributed by atoms with van der Waals surface area (Å²) >= 11 is 8.52. The topological polar surface area (TPSA) is 50.8 Å². The van der Waals surface area contributed by atoms with Crippen molar-refractivity contribution in [1.29, 1.82) is 0 Å². The first-order chi connectivity index (χ1) is 12.5. The Bertz CT molecular complexity index is 898. The summed E-state index contributed by atoms with van der Waals surface area (Å²) in [7, 11) is 3.26. The van der Waals surface area contributed by atoms with E-state index in [1.54, 1.807) is 20.2 Å². The van der Waals surface area contributed by atoms with E-state index in [1.165, 1.54) is 4.90 Å². The van der Waals surface area contributed by atoms with Crippen LogP contribution in [0.4, 0.5) is 0 Å². The maximum atomic E-state index is 12.1. The molecule has 0 aromatic heterocycles. The smallest absolute Gasteiger partial charge is 0.276 e. The molecule has 7 heteroatoms. The second-order valence-electron chi connectivity index (χ2n) is 5.67. The lowest BCUT2D eigenvalue weighted by Gasteiger charge is -2.11. The molecule has 26 heavy (non-hydrogen) atoms. The molecule has 3 rings (SSSR count). The van der Waals surface area contributed by atoms with Crippen LogP contribution in [0.15, 0.2) is 52.6 Å². The first kappa shape index (κ1) is 18.4. The van der Waals surface area contributed by atoms with Crippen LogP contribution < -0.4 is 14.8 Å². The second kappa shape index (κ2) is 7.88. The average molecular weight is 433 g/mol. The molecular weight excluding hydrogens is 416 g/mol. The number of carbonyl (C=O) groups is 1. The molecule has 1 N–H and O–H groups in total. The van der Waals surface area contributed by atoms with Crippen molar-refractivity contribution in [3.8, 4) is 11.5 Å². The van der Waals surface area contributed by atoms with Gasteiger partial charge >= 0.3 is 0 Å². The number of nitrogens with zero attached hydrogens (tertiary/aromatic N) is 1. The van der Waals surface area contributed by atoms with Crippen molar-refractivity contribution in [2.24, 2.45) is 0 Å². The third-order valence-electron chi connectivity index (χ3n) is 3.89. The maximum Gasteiger partial charge on any atom is 0.276 e. The molecule has 5 nitrogen and oxygen atoms in total. The van der Waals surface area contributed by atoms with E-state index in [2.05, 4.69) is 21.2 Å². The van der Waals surface area contributed by atoms with Gasteiger partial charge in [-0.25, -0.2) is 0 Å². The summed E-state index contributed by atoms with van der Waals surface area (Å²) in [6.07, 6.45) is 1.76. The Balaban J connectivity index is 1.83. The van der Waals surface area contributed by atoms with E-state index >= 15 is 0 Å². The fraction of sp³-hybridized carbons (Fsp3) is 0.158. The number of ether oxygens (including phenoxy) is 2.